The molecule has 0 radical (unpaired) electrons. The number of hydrogen-bond acceptors (Lipinski definition) is 4. The molecule has 0 spiro atoms. The quantitative estimate of drug-likeness (QED) is 0.713. The van der Waals surface area contributed by atoms with Gasteiger partial charge in [0.25, 0.3) is 0 Å². The second-order valence-electron chi connectivity index (χ2n) is 5.98. The van der Waals surface area contributed by atoms with E-state index in [9.17, 15) is 5.11 Å². The highest BCUT2D eigenvalue weighted by Gasteiger charge is 2.15. The van der Waals surface area contributed by atoms with Gasteiger partial charge in [-0.15, -0.1) is 0 Å². The molecule has 25 heavy (non-hydrogen) atoms. The van der Waals surface area contributed by atoms with Crippen molar-refractivity contribution < 1.29 is 9.52 Å². The van der Waals surface area contributed by atoms with Gasteiger partial charge in [0, 0.05) is 13.1 Å². The van der Waals surface area contributed by atoms with Gasteiger partial charge >= 0.3 is 0 Å². The number of furan rings is 1. The summed E-state index contributed by atoms with van der Waals surface area (Å²) < 4.78 is 5.46. The second kappa shape index (κ2) is 8.29. The molecular weight excluding hydrogens is 312 g/mol. The Balaban J connectivity index is 1.72. The van der Waals surface area contributed by atoms with Crippen LogP contribution in [0.4, 0.5) is 0 Å². The molecule has 3 aromatic rings. The first kappa shape index (κ1) is 17.0. The topological polar surface area (TPSA) is 60.4 Å². The molecular formula is C21H20N2O2. The Morgan fingerprint density at radius 2 is 1.72 bits per heavy atom. The third-order valence-corrected chi connectivity index (χ3v) is 4.06. The maximum atomic E-state index is 10.6. The first-order valence-corrected chi connectivity index (χ1v) is 8.21. The van der Waals surface area contributed by atoms with E-state index in [2.05, 4.69) is 23.1 Å². The Labute approximate surface area is 147 Å². The third kappa shape index (κ3) is 4.80. The molecule has 3 rings (SSSR count). The van der Waals surface area contributed by atoms with E-state index in [4.69, 9.17) is 9.68 Å². The molecule has 1 atom stereocenters. The Hall–Kier alpha value is -2.87. The summed E-state index contributed by atoms with van der Waals surface area (Å²) in [6.45, 7) is 1.81. The number of hydrogen-bond donors (Lipinski definition) is 1. The van der Waals surface area contributed by atoms with Crippen LogP contribution in [0.3, 0.4) is 0 Å². The zero-order chi connectivity index (χ0) is 17.5. The van der Waals surface area contributed by atoms with Crippen LogP contribution in [0.1, 0.15) is 28.6 Å². The number of nitrogens with zero attached hydrogens (tertiary/aromatic N) is 2. The highest BCUT2D eigenvalue weighted by molar-refractivity contribution is 5.32. The van der Waals surface area contributed by atoms with Crippen LogP contribution in [0.15, 0.2) is 77.4 Å². The van der Waals surface area contributed by atoms with Gasteiger partial charge in [-0.3, -0.25) is 4.90 Å². The van der Waals surface area contributed by atoms with Crippen LogP contribution in [-0.2, 0) is 13.1 Å². The van der Waals surface area contributed by atoms with Crippen molar-refractivity contribution in [3.05, 3.63) is 95.4 Å². The maximum absolute atomic E-state index is 10.6. The van der Waals surface area contributed by atoms with E-state index < -0.39 is 6.10 Å². The van der Waals surface area contributed by atoms with Crippen LogP contribution >= 0.6 is 0 Å². The fourth-order valence-corrected chi connectivity index (χ4v) is 2.78. The summed E-state index contributed by atoms with van der Waals surface area (Å²) in [4.78, 5) is 2.15. The van der Waals surface area contributed by atoms with Crippen LogP contribution in [0, 0.1) is 11.3 Å². The first-order chi connectivity index (χ1) is 12.2. The summed E-state index contributed by atoms with van der Waals surface area (Å²) in [6.07, 6.45) is 1.03. The van der Waals surface area contributed by atoms with Crippen LogP contribution < -0.4 is 0 Å². The number of nitriles is 1. The molecule has 0 fully saturated rings. The molecule has 1 N–H and O–H groups in total. The van der Waals surface area contributed by atoms with Gasteiger partial charge in [-0.05, 0) is 35.4 Å². The zero-order valence-electron chi connectivity index (χ0n) is 13.9. The SMILES string of the molecule is N#Cc1ccc(C(O)CN(Cc2ccccc2)Cc2ccco2)cc1. The molecule has 0 aliphatic rings. The third-order valence-electron chi connectivity index (χ3n) is 4.06. The van der Waals surface area contributed by atoms with Gasteiger partial charge in [-0.2, -0.15) is 5.26 Å². The number of benzene rings is 2. The largest absolute Gasteiger partial charge is 0.468 e. The van der Waals surface area contributed by atoms with E-state index >= 15 is 0 Å². The molecule has 0 bridgehead atoms. The predicted octanol–water partition coefficient (Wildman–Crippen LogP) is 3.89. The van der Waals surface area contributed by atoms with E-state index in [1.807, 2.05) is 30.3 Å². The Morgan fingerprint density at radius 3 is 2.36 bits per heavy atom. The Morgan fingerprint density at radius 1 is 0.960 bits per heavy atom. The smallest absolute Gasteiger partial charge is 0.117 e. The minimum Gasteiger partial charge on any atom is -0.468 e. The van der Waals surface area contributed by atoms with Gasteiger partial charge in [0.15, 0.2) is 0 Å². The second-order valence-corrected chi connectivity index (χ2v) is 5.98. The molecule has 126 valence electrons. The molecule has 1 unspecified atom stereocenters. The van der Waals surface area contributed by atoms with Crippen molar-refractivity contribution in [3.8, 4) is 6.07 Å². The fraction of sp³-hybridized carbons (Fsp3) is 0.190. The van der Waals surface area contributed by atoms with Crippen molar-refractivity contribution in [2.45, 2.75) is 19.2 Å². The highest BCUT2D eigenvalue weighted by atomic mass is 16.3. The van der Waals surface area contributed by atoms with Crippen molar-refractivity contribution in [1.29, 1.82) is 5.26 Å². The lowest BCUT2D eigenvalue weighted by Crippen LogP contribution is -2.28. The fourth-order valence-electron chi connectivity index (χ4n) is 2.78. The molecule has 2 aromatic carbocycles. The lowest BCUT2D eigenvalue weighted by Gasteiger charge is -2.24. The van der Waals surface area contributed by atoms with Gasteiger partial charge in [-0.25, -0.2) is 0 Å². The average molecular weight is 332 g/mol. The molecule has 4 heteroatoms. The van der Waals surface area contributed by atoms with E-state index in [1.165, 1.54) is 5.56 Å². The summed E-state index contributed by atoms with van der Waals surface area (Å²) >= 11 is 0. The monoisotopic (exact) mass is 332 g/mol. The van der Waals surface area contributed by atoms with Crippen molar-refractivity contribution >= 4 is 0 Å². The molecule has 0 aliphatic heterocycles. The van der Waals surface area contributed by atoms with Crippen molar-refractivity contribution in [2.75, 3.05) is 6.54 Å². The first-order valence-electron chi connectivity index (χ1n) is 8.21. The van der Waals surface area contributed by atoms with E-state index in [1.54, 1.807) is 30.5 Å². The molecule has 4 nitrogen and oxygen atoms in total. The summed E-state index contributed by atoms with van der Waals surface area (Å²) in [5, 5.41) is 19.5. The van der Waals surface area contributed by atoms with Gasteiger partial charge in [-0.1, -0.05) is 42.5 Å². The summed E-state index contributed by atoms with van der Waals surface area (Å²) in [5.74, 6) is 0.864. The summed E-state index contributed by atoms with van der Waals surface area (Å²) in [6, 6.07) is 23.1. The van der Waals surface area contributed by atoms with Gasteiger partial charge in [0.05, 0.1) is 30.5 Å². The lowest BCUT2D eigenvalue weighted by atomic mass is 10.1. The van der Waals surface area contributed by atoms with Crippen molar-refractivity contribution in [1.82, 2.24) is 4.90 Å². The summed E-state index contributed by atoms with van der Waals surface area (Å²) in [5.41, 5.74) is 2.57. The minimum atomic E-state index is -0.633. The molecule has 1 heterocycles. The molecule has 0 saturated carbocycles. The summed E-state index contributed by atoms with van der Waals surface area (Å²) in [7, 11) is 0. The van der Waals surface area contributed by atoms with Gasteiger partial charge in [0.1, 0.15) is 5.76 Å². The van der Waals surface area contributed by atoms with E-state index in [-0.39, 0.29) is 0 Å². The Kier molecular flexibility index (Phi) is 5.63. The molecule has 0 aliphatic carbocycles. The van der Waals surface area contributed by atoms with Crippen LogP contribution in [-0.4, -0.2) is 16.6 Å². The minimum absolute atomic E-state index is 0.474. The van der Waals surface area contributed by atoms with Crippen LogP contribution in [0.25, 0.3) is 0 Å². The number of aliphatic hydroxyl groups excluding tert-OH is 1. The van der Waals surface area contributed by atoms with Gasteiger partial charge < -0.3 is 9.52 Å². The van der Waals surface area contributed by atoms with Crippen molar-refractivity contribution in [2.24, 2.45) is 0 Å². The Bertz CT molecular complexity index is 805. The van der Waals surface area contributed by atoms with Crippen LogP contribution in [0.2, 0.25) is 0 Å². The van der Waals surface area contributed by atoms with Crippen LogP contribution in [0.5, 0.6) is 0 Å². The maximum Gasteiger partial charge on any atom is 0.117 e. The zero-order valence-corrected chi connectivity index (χ0v) is 13.9. The molecule has 1 aromatic heterocycles. The normalized spacial score (nSPS) is 12.0. The van der Waals surface area contributed by atoms with Gasteiger partial charge in [0.2, 0.25) is 0 Å². The number of rotatable bonds is 7. The average Bonchev–Trinajstić information content (AvgIpc) is 3.15. The molecule has 0 saturated heterocycles. The highest BCUT2D eigenvalue weighted by Crippen LogP contribution is 2.18. The molecule has 0 amide bonds. The predicted molar refractivity (Wildman–Crippen MR) is 95.4 cm³/mol. The van der Waals surface area contributed by atoms with Crippen molar-refractivity contribution in [3.63, 3.8) is 0 Å². The standard InChI is InChI=1S/C21H20N2O2/c22-13-17-8-10-19(11-9-17)21(24)16-23(15-20-7-4-12-25-20)14-18-5-2-1-3-6-18/h1-12,21,24H,14-16H2. The lowest BCUT2D eigenvalue weighted by molar-refractivity contribution is 0.100. The van der Waals surface area contributed by atoms with E-state index in [0.717, 1.165) is 17.9 Å². The number of aliphatic hydroxyl groups is 1. The van der Waals surface area contributed by atoms with E-state index in [0.29, 0.717) is 18.7 Å².